The van der Waals surface area contributed by atoms with Crippen LogP contribution in [-0.4, -0.2) is 30.1 Å². The quantitative estimate of drug-likeness (QED) is 0.525. The Morgan fingerprint density at radius 1 is 1.15 bits per heavy atom. The summed E-state index contributed by atoms with van der Waals surface area (Å²) in [7, 11) is 0. The van der Waals surface area contributed by atoms with Gasteiger partial charge in [0.25, 0.3) is 5.91 Å². The lowest BCUT2D eigenvalue weighted by molar-refractivity contribution is 0.0961. The largest absolute Gasteiger partial charge is 0.272 e. The van der Waals surface area contributed by atoms with Gasteiger partial charge in [-0.15, -0.1) is 0 Å². The van der Waals surface area contributed by atoms with Crippen LogP contribution in [0, 0.1) is 0 Å². The normalized spacial score (nSPS) is 11.2. The van der Waals surface area contributed by atoms with Gasteiger partial charge in [0.05, 0.1) is 11.7 Å². The lowest BCUT2D eigenvalue weighted by Crippen LogP contribution is -2.09. The third-order valence-electron chi connectivity index (χ3n) is 3.20. The van der Waals surface area contributed by atoms with Gasteiger partial charge < -0.3 is 0 Å². The first-order valence-corrected chi connectivity index (χ1v) is 6.09. The second kappa shape index (κ2) is 3.99. The first kappa shape index (κ1) is 10.9. The van der Waals surface area contributed by atoms with Crippen LogP contribution in [0.25, 0.3) is 16.6 Å². The zero-order chi connectivity index (χ0) is 13.5. The fourth-order valence-electron chi connectivity index (χ4n) is 2.23. The van der Waals surface area contributed by atoms with E-state index in [2.05, 4.69) is 15.1 Å². The van der Waals surface area contributed by atoms with E-state index in [1.807, 2.05) is 24.3 Å². The molecule has 1 aromatic carbocycles. The molecular formula is C14H9N5O. The molecule has 0 amide bonds. The van der Waals surface area contributed by atoms with Crippen molar-refractivity contribution in [3.63, 3.8) is 0 Å². The molecule has 20 heavy (non-hydrogen) atoms. The number of imidazole rings is 1. The number of hydrogen-bond donors (Lipinski definition) is 0. The van der Waals surface area contributed by atoms with Gasteiger partial charge in [-0.05, 0) is 6.07 Å². The number of carbonyl (C=O) groups excluding carboxylic acids is 1. The molecule has 0 N–H and O–H groups in total. The Labute approximate surface area is 113 Å². The van der Waals surface area contributed by atoms with Gasteiger partial charge in [0.15, 0.2) is 5.65 Å². The molecule has 0 unspecified atom stereocenters. The van der Waals surface area contributed by atoms with Gasteiger partial charge in [-0.3, -0.25) is 9.36 Å². The fourth-order valence-corrected chi connectivity index (χ4v) is 2.23. The highest BCUT2D eigenvalue weighted by Gasteiger charge is 2.16. The van der Waals surface area contributed by atoms with Crippen molar-refractivity contribution in [2.24, 2.45) is 0 Å². The highest BCUT2D eigenvalue weighted by molar-refractivity contribution is 6.01. The minimum absolute atomic E-state index is 0.194. The molecule has 0 saturated heterocycles. The maximum absolute atomic E-state index is 12.3. The van der Waals surface area contributed by atoms with Gasteiger partial charge >= 0.3 is 0 Å². The van der Waals surface area contributed by atoms with Crippen LogP contribution in [0.3, 0.4) is 0 Å². The summed E-state index contributed by atoms with van der Waals surface area (Å²) in [5.41, 5.74) is 1.92. The second-order valence-corrected chi connectivity index (χ2v) is 4.39. The van der Waals surface area contributed by atoms with E-state index >= 15 is 0 Å². The van der Waals surface area contributed by atoms with E-state index in [4.69, 9.17) is 0 Å². The van der Waals surface area contributed by atoms with Crippen molar-refractivity contribution in [1.29, 1.82) is 0 Å². The number of aromatic nitrogens is 5. The van der Waals surface area contributed by atoms with Crippen molar-refractivity contribution in [3.05, 3.63) is 60.9 Å². The van der Waals surface area contributed by atoms with Gasteiger partial charge in [0.2, 0.25) is 0 Å². The number of hydrogen-bond acceptors (Lipinski definition) is 4. The highest BCUT2D eigenvalue weighted by Crippen LogP contribution is 2.17. The van der Waals surface area contributed by atoms with Gasteiger partial charge in [0.1, 0.15) is 11.9 Å². The Balaban J connectivity index is 1.98. The zero-order valence-electron chi connectivity index (χ0n) is 10.3. The molecule has 96 valence electrons. The highest BCUT2D eigenvalue weighted by atomic mass is 16.2. The number of benzene rings is 1. The van der Waals surface area contributed by atoms with E-state index in [0.717, 1.165) is 10.9 Å². The number of para-hydroxylation sites is 1. The van der Waals surface area contributed by atoms with Crippen molar-refractivity contribution in [2.75, 3.05) is 0 Å². The maximum Gasteiger partial charge on any atom is 0.268 e. The Bertz CT molecular complexity index is 923. The van der Waals surface area contributed by atoms with E-state index in [0.29, 0.717) is 11.2 Å². The molecule has 6 nitrogen and oxygen atoms in total. The Morgan fingerprint density at radius 3 is 2.90 bits per heavy atom. The lowest BCUT2D eigenvalue weighted by Gasteiger charge is -2.01. The van der Waals surface area contributed by atoms with Crippen LogP contribution in [0.1, 0.15) is 10.4 Å². The summed E-state index contributed by atoms with van der Waals surface area (Å²) >= 11 is 0. The number of carbonyl (C=O) groups is 1. The van der Waals surface area contributed by atoms with E-state index in [-0.39, 0.29) is 5.91 Å². The Hall–Kier alpha value is -3.02. The molecule has 6 heteroatoms. The summed E-state index contributed by atoms with van der Waals surface area (Å²) in [5.74, 6) is -0.194. The number of rotatable bonds is 1. The zero-order valence-corrected chi connectivity index (χ0v) is 10.3. The summed E-state index contributed by atoms with van der Waals surface area (Å²) in [6, 6.07) is 7.78. The molecule has 0 spiro atoms. The first-order valence-electron chi connectivity index (χ1n) is 6.09. The van der Waals surface area contributed by atoms with Crippen molar-refractivity contribution < 1.29 is 4.79 Å². The van der Waals surface area contributed by atoms with Crippen LogP contribution in [-0.2, 0) is 0 Å². The molecule has 0 atom stereocenters. The molecule has 0 aliphatic carbocycles. The van der Waals surface area contributed by atoms with Crippen LogP contribution in [0.4, 0.5) is 0 Å². The molecule has 0 bridgehead atoms. The molecule has 3 heterocycles. The van der Waals surface area contributed by atoms with Crippen LogP contribution in [0.15, 0.2) is 55.4 Å². The average Bonchev–Trinajstić information content (AvgIpc) is 3.16. The molecular weight excluding hydrogens is 254 g/mol. The first-order chi connectivity index (χ1) is 9.84. The SMILES string of the molecule is O=C(c1cnn2c1ncc1ccccc12)n1ccnc1. The topological polar surface area (TPSA) is 65.1 Å². The molecule has 0 aliphatic heterocycles. The van der Waals surface area contributed by atoms with Crippen LogP contribution in [0.2, 0.25) is 0 Å². The molecule has 0 fully saturated rings. The number of fused-ring (bicyclic) bond motifs is 3. The summed E-state index contributed by atoms with van der Waals surface area (Å²) in [4.78, 5) is 20.6. The van der Waals surface area contributed by atoms with Crippen molar-refractivity contribution in [3.8, 4) is 0 Å². The molecule has 3 aromatic heterocycles. The monoisotopic (exact) mass is 263 g/mol. The van der Waals surface area contributed by atoms with E-state index in [1.165, 1.54) is 17.1 Å². The predicted octanol–water partition coefficient (Wildman–Crippen LogP) is 1.77. The van der Waals surface area contributed by atoms with Crippen molar-refractivity contribution in [1.82, 2.24) is 24.1 Å². The standard InChI is InChI=1S/C14H9N5O/c20-14(18-6-5-15-9-18)11-8-17-19-12-4-2-1-3-10(12)7-16-13(11)19/h1-9H. The third-order valence-corrected chi connectivity index (χ3v) is 3.20. The van der Waals surface area contributed by atoms with Gasteiger partial charge in [-0.1, -0.05) is 18.2 Å². The average molecular weight is 263 g/mol. The van der Waals surface area contributed by atoms with Crippen LogP contribution < -0.4 is 0 Å². The summed E-state index contributed by atoms with van der Waals surface area (Å²) in [5, 5.41) is 5.25. The van der Waals surface area contributed by atoms with Crippen LogP contribution >= 0.6 is 0 Å². The van der Waals surface area contributed by atoms with Crippen LogP contribution in [0.5, 0.6) is 0 Å². The number of nitrogens with zero attached hydrogens (tertiary/aromatic N) is 5. The summed E-state index contributed by atoms with van der Waals surface area (Å²) in [6.07, 6.45) is 7.92. The van der Waals surface area contributed by atoms with E-state index in [9.17, 15) is 4.79 Å². The summed E-state index contributed by atoms with van der Waals surface area (Å²) in [6.45, 7) is 0. The molecule has 4 aromatic rings. The summed E-state index contributed by atoms with van der Waals surface area (Å²) < 4.78 is 3.09. The predicted molar refractivity (Wildman–Crippen MR) is 72.4 cm³/mol. The maximum atomic E-state index is 12.3. The molecule has 0 saturated carbocycles. The smallest absolute Gasteiger partial charge is 0.268 e. The fraction of sp³-hybridized carbons (Fsp3) is 0. The molecule has 4 rings (SSSR count). The lowest BCUT2D eigenvalue weighted by atomic mass is 10.2. The molecule has 0 aliphatic rings. The molecule has 0 radical (unpaired) electrons. The van der Waals surface area contributed by atoms with Crippen molar-refractivity contribution >= 4 is 22.5 Å². The minimum Gasteiger partial charge on any atom is -0.272 e. The van der Waals surface area contributed by atoms with Gasteiger partial charge in [0, 0.05) is 24.0 Å². The Kier molecular flexibility index (Phi) is 2.17. The van der Waals surface area contributed by atoms with E-state index < -0.39 is 0 Å². The van der Waals surface area contributed by atoms with Gasteiger partial charge in [-0.2, -0.15) is 5.10 Å². The van der Waals surface area contributed by atoms with Crippen molar-refractivity contribution in [2.45, 2.75) is 0 Å². The van der Waals surface area contributed by atoms with Gasteiger partial charge in [-0.25, -0.2) is 14.5 Å². The third kappa shape index (κ3) is 1.45. The van der Waals surface area contributed by atoms with E-state index in [1.54, 1.807) is 23.1 Å². The Morgan fingerprint density at radius 2 is 2.05 bits per heavy atom. The second-order valence-electron chi connectivity index (χ2n) is 4.39. The minimum atomic E-state index is -0.194.